The van der Waals surface area contributed by atoms with Crippen molar-refractivity contribution >= 4 is 5.71 Å². The van der Waals surface area contributed by atoms with E-state index >= 15 is 0 Å². The molecule has 0 aliphatic heterocycles. The molecule has 5 heteroatoms. The first kappa shape index (κ1) is 10.6. The summed E-state index contributed by atoms with van der Waals surface area (Å²) in [6.07, 6.45) is -5.59. The number of hydrogen-bond donors (Lipinski definition) is 1. The van der Waals surface area contributed by atoms with Crippen LogP contribution >= 0.6 is 0 Å². The van der Waals surface area contributed by atoms with Crippen molar-refractivity contribution in [3.05, 3.63) is 35.9 Å². The van der Waals surface area contributed by atoms with E-state index in [4.69, 9.17) is 5.21 Å². The quantitative estimate of drug-likeness (QED) is 0.447. The van der Waals surface area contributed by atoms with Crippen LogP contribution in [0.25, 0.3) is 0 Å². The van der Waals surface area contributed by atoms with Gasteiger partial charge < -0.3 is 5.21 Å². The number of benzene rings is 1. The summed E-state index contributed by atoms with van der Waals surface area (Å²) in [5.74, 6) is 0. The molecule has 76 valence electrons. The van der Waals surface area contributed by atoms with Gasteiger partial charge in [-0.25, -0.2) is 0 Å². The van der Waals surface area contributed by atoms with Gasteiger partial charge in [-0.3, -0.25) is 0 Å². The Morgan fingerprint density at radius 1 is 1.21 bits per heavy atom. The maximum atomic E-state index is 12.0. The van der Waals surface area contributed by atoms with Crippen molar-refractivity contribution in [1.29, 1.82) is 0 Å². The Kier molecular flexibility index (Phi) is 3.11. The van der Waals surface area contributed by atoms with Crippen LogP contribution in [0.3, 0.4) is 0 Å². The Hall–Kier alpha value is -1.52. The van der Waals surface area contributed by atoms with Gasteiger partial charge in [-0.05, 0) is 5.56 Å². The minimum Gasteiger partial charge on any atom is -0.411 e. The molecule has 0 saturated heterocycles. The van der Waals surface area contributed by atoms with E-state index in [9.17, 15) is 13.2 Å². The van der Waals surface area contributed by atoms with E-state index < -0.39 is 12.6 Å². The van der Waals surface area contributed by atoms with E-state index in [1.807, 2.05) is 0 Å². The maximum Gasteiger partial charge on any atom is 0.394 e. The number of nitrogens with zero attached hydrogens (tertiary/aromatic N) is 1. The summed E-state index contributed by atoms with van der Waals surface area (Å²) in [6.45, 7) is 0. The summed E-state index contributed by atoms with van der Waals surface area (Å²) in [5.41, 5.74) is -0.106. The molecule has 0 fully saturated rings. The Morgan fingerprint density at radius 2 is 1.79 bits per heavy atom. The zero-order valence-corrected chi connectivity index (χ0v) is 7.12. The van der Waals surface area contributed by atoms with E-state index in [1.165, 1.54) is 12.1 Å². The molecule has 0 aliphatic rings. The van der Waals surface area contributed by atoms with E-state index in [1.54, 1.807) is 18.2 Å². The normalized spacial score (nSPS) is 12.9. The summed E-state index contributed by atoms with van der Waals surface area (Å²) >= 11 is 0. The van der Waals surface area contributed by atoms with Gasteiger partial charge in [0, 0.05) is 0 Å². The topological polar surface area (TPSA) is 32.6 Å². The second-order valence-corrected chi connectivity index (χ2v) is 2.70. The van der Waals surface area contributed by atoms with Crippen molar-refractivity contribution < 1.29 is 18.4 Å². The van der Waals surface area contributed by atoms with Crippen molar-refractivity contribution in [2.45, 2.75) is 12.6 Å². The fourth-order valence-electron chi connectivity index (χ4n) is 1.02. The Bertz CT molecular complexity index is 319. The number of rotatable bonds is 2. The van der Waals surface area contributed by atoms with Crippen molar-refractivity contribution in [3.63, 3.8) is 0 Å². The number of alkyl halides is 3. The third-order valence-corrected chi connectivity index (χ3v) is 1.60. The van der Waals surface area contributed by atoms with E-state index in [0.29, 0.717) is 0 Å². The standard InChI is InChI=1S/C9H8F3NO/c10-9(11,12)6-8(13-14)7-4-2-1-3-5-7/h1-5,14H,6H2. The summed E-state index contributed by atoms with van der Waals surface area (Å²) < 4.78 is 36.0. The number of halogens is 3. The van der Waals surface area contributed by atoms with Gasteiger partial charge in [-0.15, -0.1) is 0 Å². The molecule has 0 aromatic heterocycles. The first-order valence-electron chi connectivity index (χ1n) is 3.86. The van der Waals surface area contributed by atoms with E-state index in [-0.39, 0.29) is 11.3 Å². The smallest absolute Gasteiger partial charge is 0.394 e. The molecule has 1 N–H and O–H groups in total. The molecule has 0 unspecified atom stereocenters. The maximum absolute atomic E-state index is 12.0. The highest BCUT2D eigenvalue weighted by molar-refractivity contribution is 6.00. The zero-order chi connectivity index (χ0) is 10.6. The molecule has 1 rings (SSSR count). The van der Waals surface area contributed by atoms with Crippen LogP contribution in [-0.2, 0) is 0 Å². The molecule has 0 bridgehead atoms. The highest BCUT2D eigenvalue weighted by Gasteiger charge is 2.30. The van der Waals surface area contributed by atoms with Gasteiger partial charge in [0.1, 0.15) is 0 Å². The average Bonchev–Trinajstić information content (AvgIpc) is 2.14. The third-order valence-electron chi connectivity index (χ3n) is 1.60. The van der Waals surface area contributed by atoms with Crippen molar-refractivity contribution in [2.24, 2.45) is 5.16 Å². The Labute approximate surface area is 78.7 Å². The van der Waals surface area contributed by atoms with Gasteiger partial charge in [0.15, 0.2) is 0 Å². The highest BCUT2D eigenvalue weighted by Crippen LogP contribution is 2.22. The predicted molar refractivity (Wildman–Crippen MR) is 45.4 cm³/mol. The molecular weight excluding hydrogens is 195 g/mol. The lowest BCUT2D eigenvalue weighted by Gasteiger charge is -2.07. The predicted octanol–water partition coefficient (Wildman–Crippen LogP) is 2.82. The lowest BCUT2D eigenvalue weighted by atomic mass is 10.1. The second-order valence-electron chi connectivity index (χ2n) is 2.70. The fourth-order valence-corrected chi connectivity index (χ4v) is 1.02. The van der Waals surface area contributed by atoms with Crippen LogP contribution in [0, 0.1) is 0 Å². The lowest BCUT2D eigenvalue weighted by Crippen LogP contribution is -2.15. The van der Waals surface area contributed by atoms with Crippen LogP contribution in [0.4, 0.5) is 13.2 Å². The van der Waals surface area contributed by atoms with Crippen LogP contribution in [0.15, 0.2) is 35.5 Å². The molecule has 0 heterocycles. The van der Waals surface area contributed by atoms with Gasteiger partial charge in [0.05, 0.1) is 12.1 Å². The van der Waals surface area contributed by atoms with E-state index in [0.717, 1.165) is 0 Å². The number of oxime groups is 1. The highest BCUT2D eigenvalue weighted by atomic mass is 19.4. The molecule has 0 amide bonds. The van der Waals surface area contributed by atoms with Crippen LogP contribution in [0.1, 0.15) is 12.0 Å². The van der Waals surface area contributed by atoms with Crippen molar-refractivity contribution in [2.75, 3.05) is 0 Å². The van der Waals surface area contributed by atoms with Gasteiger partial charge in [-0.2, -0.15) is 13.2 Å². The lowest BCUT2D eigenvalue weighted by molar-refractivity contribution is -0.121. The van der Waals surface area contributed by atoms with Crippen LogP contribution in [0.2, 0.25) is 0 Å². The molecule has 0 radical (unpaired) electrons. The first-order chi connectivity index (χ1) is 6.53. The van der Waals surface area contributed by atoms with Crippen molar-refractivity contribution in [1.82, 2.24) is 0 Å². The fraction of sp³-hybridized carbons (Fsp3) is 0.222. The SMILES string of the molecule is ON=C(CC(F)(F)F)c1ccccc1. The van der Waals surface area contributed by atoms with Gasteiger partial charge in [-0.1, -0.05) is 35.5 Å². The Balaban J connectivity index is 2.85. The molecule has 14 heavy (non-hydrogen) atoms. The second kappa shape index (κ2) is 4.13. The summed E-state index contributed by atoms with van der Waals surface area (Å²) in [6, 6.07) is 7.75. The molecular formula is C9H8F3NO. The van der Waals surface area contributed by atoms with Crippen LogP contribution in [0.5, 0.6) is 0 Å². The van der Waals surface area contributed by atoms with E-state index in [2.05, 4.69) is 5.16 Å². The molecule has 0 saturated carbocycles. The monoisotopic (exact) mass is 203 g/mol. The summed E-state index contributed by atoms with van der Waals surface area (Å²) in [5, 5.41) is 11.1. The van der Waals surface area contributed by atoms with Gasteiger partial charge in [0.25, 0.3) is 0 Å². The minimum absolute atomic E-state index is 0.271. The van der Waals surface area contributed by atoms with Crippen LogP contribution < -0.4 is 0 Å². The number of hydrogen-bond acceptors (Lipinski definition) is 2. The summed E-state index contributed by atoms with van der Waals surface area (Å²) in [7, 11) is 0. The largest absolute Gasteiger partial charge is 0.411 e. The minimum atomic E-state index is -4.36. The molecule has 0 spiro atoms. The molecule has 1 aromatic carbocycles. The van der Waals surface area contributed by atoms with Gasteiger partial charge in [0.2, 0.25) is 0 Å². The zero-order valence-electron chi connectivity index (χ0n) is 7.12. The molecule has 0 aliphatic carbocycles. The first-order valence-corrected chi connectivity index (χ1v) is 3.86. The molecule has 2 nitrogen and oxygen atoms in total. The molecule has 1 aromatic rings. The summed E-state index contributed by atoms with van der Waals surface area (Å²) in [4.78, 5) is 0. The Morgan fingerprint density at radius 3 is 2.21 bits per heavy atom. The van der Waals surface area contributed by atoms with Gasteiger partial charge >= 0.3 is 6.18 Å². The van der Waals surface area contributed by atoms with Crippen molar-refractivity contribution in [3.8, 4) is 0 Å². The average molecular weight is 203 g/mol. The van der Waals surface area contributed by atoms with Crippen LogP contribution in [-0.4, -0.2) is 17.1 Å². The third kappa shape index (κ3) is 3.08. The molecule has 0 atom stereocenters.